The zero-order valence-corrected chi connectivity index (χ0v) is 8.04. The lowest BCUT2D eigenvalue weighted by Gasteiger charge is -2.19. The second-order valence-electron chi connectivity index (χ2n) is 3.98. The van der Waals surface area contributed by atoms with E-state index in [-0.39, 0.29) is 5.54 Å². The fourth-order valence-corrected chi connectivity index (χ4v) is 1.01. The van der Waals surface area contributed by atoms with E-state index in [1.54, 1.807) is 0 Å². The van der Waals surface area contributed by atoms with Crippen LogP contribution in [0.25, 0.3) is 0 Å². The molecule has 0 amide bonds. The van der Waals surface area contributed by atoms with Crippen LogP contribution in [0.5, 0.6) is 0 Å². The molecule has 0 aromatic carbocycles. The number of imidazole rings is 1. The molecular formula is C9H17N3. The van der Waals surface area contributed by atoms with Crippen molar-refractivity contribution in [2.24, 2.45) is 5.73 Å². The highest BCUT2D eigenvalue weighted by Gasteiger charge is 2.12. The third-order valence-electron chi connectivity index (χ3n) is 1.81. The summed E-state index contributed by atoms with van der Waals surface area (Å²) in [7, 11) is 0. The lowest BCUT2D eigenvalue weighted by Crippen LogP contribution is -2.19. The fourth-order valence-electron chi connectivity index (χ4n) is 1.01. The van der Waals surface area contributed by atoms with E-state index in [2.05, 4.69) is 36.5 Å². The van der Waals surface area contributed by atoms with Crippen molar-refractivity contribution in [3.05, 3.63) is 18.2 Å². The van der Waals surface area contributed by atoms with E-state index in [1.807, 2.05) is 6.33 Å². The molecule has 3 nitrogen and oxygen atoms in total. The van der Waals surface area contributed by atoms with Gasteiger partial charge >= 0.3 is 0 Å². The van der Waals surface area contributed by atoms with Crippen LogP contribution >= 0.6 is 0 Å². The smallest absolute Gasteiger partial charge is 0.0954 e. The Bertz CT molecular complexity index is 245. The zero-order chi connectivity index (χ0) is 9.19. The third-order valence-corrected chi connectivity index (χ3v) is 1.81. The average Bonchev–Trinajstić information content (AvgIpc) is 2.35. The Morgan fingerprint density at radius 2 is 2.17 bits per heavy atom. The molecule has 0 aliphatic rings. The van der Waals surface area contributed by atoms with Crippen molar-refractivity contribution in [1.82, 2.24) is 9.55 Å². The topological polar surface area (TPSA) is 43.8 Å². The summed E-state index contributed by atoms with van der Waals surface area (Å²) in [5, 5.41) is 0. The predicted molar refractivity (Wildman–Crippen MR) is 50.0 cm³/mol. The lowest BCUT2D eigenvalue weighted by atomic mass is 10.1. The average molecular weight is 167 g/mol. The molecule has 1 heterocycles. The van der Waals surface area contributed by atoms with Gasteiger partial charge < -0.3 is 10.3 Å². The minimum absolute atomic E-state index is 0.125. The molecule has 0 aliphatic heterocycles. The van der Waals surface area contributed by atoms with E-state index in [1.165, 1.54) is 0 Å². The Kier molecular flexibility index (Phi) is 2.52. The number of nitrogens with zero attached hydrogens (tertiary/aromatic N) is 2. The second-order valence-corrected chi connectivity index (χ2v) is 3.98. The van der Waals surface area contributed by atoms with Gasteiger partial charge in [0, 0.05) is 18.2 Å². The van der Waals surface area contributed by atoms with Gasteiger partial charge in [0.25, 0.3) is 0 Å². The van der Waals surface area contributed by atoms with E-state index in [0.717, 1.165) is 12.1 Å². The van der Waals surface area contributed by atoms with E-state index in [0.29, 0.717) is 6.54 Å². The van der Waals surface area contributed by atoms with Crippen LogP contribution in [0.2, 0.25) is 0 Å². The van der Waals surface area contributed by atoms with Crippen molar-refractivity contribution in [3.8, 4) is 0 Å². The van der Waals surface area contributed by atoms with Gasteiger partial charge in [-0.1, -0.05) is 0 Å². The zero-order valence-electron chi connectivity index (χ0n) is 8.04. The van der Waals surface area contributed by atoms with E-state index in [4.69, 9.17) is 5.73 Å². The van der Waals surface area contributed by atoms with Crippen molar-refractivity contribution in [2.45, 2.75) is 32.7 Å². The molecule has 0 saturated carbocycles. The number of hydrogen-bond acceptors (Lipinski definition) is 2. The van der Waals surface area contributed by atoms with Crippen LogP contribution in [0.15, 0.2) is 12.5 Å². The number of aromatic nitrogens is 2. The van der Waals surface area contributed by atoms with Gasteiger partial charge in [-0.2, -0.15) is 0 Å². The summed E-state index contributed by atoms with van der Waals surface area (Å²) >= 11 is 0. The third kappa shape index (κ3) is 2.08. The van der Waals surface area contributed by atoms with Crippen molar-refractivity contribution in [3.63, 3.8) is 0 Å². The summed E-state index contributed by atoms with van der Waals surface area (Å²) in [6.07, 6.45) is 4.79. The van der Waals surface area contributed by atoms with Crippen molar-refractivity contribution >= 4 is 0 Å². The van der Waals surface area contributed by atoms with Gasteiger partial charge in [-0.05, 0) is 27.3 Å². The largest absolute Gasteiger partial charge is 0.332 e. The molecule has 0 saturated heterocycles. The van der Waals surface area contributed by atoms with E-state index < -0.39 is 0 Å². The Morgan fingerprint density at radius 1 is 1.50 bits per heavy atom. The van der Waals surface area contributed by atoms with E-state index >= 15 is 0 Å². The van der Waals surface area contributed by atoms with Crippen LogP contribution in [0, 0.1) is 0 Å². The highest BCUT2D eigenvalue weighted by atomic mass is 15.1. The first-order valence-corrected chi connectivity index (χ1v) is 4.27. The van der Waals surface area contributed by atoms with Crippen molar-refractivity contribution in [1.29, 1.82) is 0 Å². The summed E-state index contributed by atoms with van der Waals surface area (Å²) in [6.45, 7) is 7.13. The maximum atomic E-state index is 5.43. The van der Waals surface area contributed by atoms with Crippen LogP contribution < -0.4 is 5.73 Å². The maximum absolute atomic E-state index is 5.43. The number of rotatable bonds is 2. The van der Waals surface area contributed by atoms with Crippen LogP contribution in [0.1, 0.15) is 26.5 Å². The molecule has 0 radical (unpaired) electrons. The quantitative estimate of drug-likeness (QED) is 0.717. The Morgan fingerprint density at radius 3 is 2.58 bits per heavy atom. The second kappa shape index (κ2) is 3.27. The SMILES string of the molecule is CC(C)(C)n1cnc(CCN)c1. The molecule has 12 heavy (non-hydrogen) atoms. The minimum Gasteiger partial charge on any atom is -0.332 e. The maximum Gasteiger partial charge on any atom is 0.0954 e. The summed E-state index contributed by atoms with van der Waals surface area (Å²) in [5.74, 6) is 0. The summed E-state index contributed by atoms with van der Waals surface area (Å²) in [5.41, 5.74) is 6.63. The van der Waals surface area contributed by atoms with Crippen molar-refractivity contribution < 1.29 is 0 Å². The Balaban J connectivity index is 2.77. The van der Waals surface area contributed by atoms with Gasteiger partial charge in [-0.3, -0.25) is 0 Å². The molecule has 0 unspecified atom stereocenters. The summed E-state index contributed by atoms with van der Waals surface area (Å²) in [6, 6.07) is 0. The standard InChI is InChI=1S/C9H17N3/c1-9(2,3)12-6-8(4-5-10)11-7-12/h6-7H,4-5,10H2,1-3H3. The highest BCUT2D eigenvalue weighted by Crippen LogP contribution is 2.13. The van der Waals surface area contributed by atoms with Gasteiger partial charge in [0.2, 0.25) is 0 Å². The van der Waals surface area contributed by atoms with Gasteiger partial charge in [-0.25, -0.2) is 4.98 Å². The number of hydrogen-bond donors (Lipinski definition) is 1. The van der Waals surface area contributed by atoms with Gasteiger partial charge in [-0.15, -0.1) is 0 Å². The van der Waals surface area contributed by atoms with Crippen LogP contribution in [0.4, 0.5) is 0 Å². The molecule has 1 rings (SSSR count). The highest BCUT2D eigenvalue weighted by molar-refractivity contribution is 4.99. The minimum atomic E-state index is 0.125. The molecule has 0 bridgehead atoms. The van der Waals surface area contributed by atoms with E-state index in [9.17, 15) is 0 Å². The molecule has 3 heteroatoms. The Labute approximate surface area is 73.6 Å². The molecule has 0 fully saturated rings. The molecule has 0 aliphatic carbocycles. The molecule has 68 valence electrons. The van der Waals surface area contributed by atoms with Gasteiger partial charge in [0.15, 0.2) is 0 Å². The monoisotopic (exact) mass is 167 g/mol. The van der Waals surface area contributed by atoms with Crippen LogP contribution in [-0.4, -0.2) is 16.1 Å². The first kappa shape index (κ1) is 9.26. The van der Waals surface area contributed by atoms with Gasteiger partial charge in [0.05, 0.1) is 12.0 Å². The number of nitrogens with two attached hydrogens (primary N) is 1. The normalized spacial score (nSPS) is 12.0. The molecule has 0 spiro atoms. The van der Waals surface area contributed by atoms with Crippen molar-refractivity contribution in [2.75, 3.05) is 6.54 Å². The molecule has 2 N–H and O–H groups in total. The molecule has 0 atom stereocenters. The first-order chi connectivity index (χ1) is 5.54. The molecule has 1 aromatic heterocycles. The molecular weight excluding hydrogens is 150 g/mol. The summed E-state index contributed by atoms with van der Waals surface area (Å²) < 4.78 is 2.11. The fraction of sp³-hybridized carbons (Fsp3) is 0.667. The summed E-state index contributed by atoms with van der Waals surface area (Å²) in [4.78, 5) is 4.26. The van der Waals surface area contributed by atoms with Crippen LogP contribution in [-0.2, 0) is 12.0 Å². The lowest BCUT2D eigenvalue weighted by molar-refractivity contribution is 0.396. The predicted octanol–water partition coefficient (Wildman–Crippen LogP) is 1.14. The van der Waals surface area contributed by atoms with Crippen LogP contribution in [0.3, 0.4) is 0 Å². The molecule has 1 aromatic rings. The Hall–Kier alpha value is -0.830. The first-order valence-electron chi connectivity index (χ1n) is 4.27. The van der Waals surface area contributed by atoms with Gasteiger partial charge in [0.1, 0.15) is 0 Å².